The monoisotopic (exact) mass is 262 g/mol. The van der Waals surface area contributed by atoms with Crippen LogP contribution in [0, 0.1) is 16.0 Å². The zero-order valence-electron chi connectivity index (χ0n) is 11.2. The van der Waals surface area contributed by atoms with Crippen LogP contribution in [0.3, 0.4) is 0 Å². The molecule has 0 bridgehead atoms. The van der Waals surface area contributed by atoms with E-state index in [0.29, 0.717) is 0 Å². The molecule has 0 saturated heterocycles. The average molecular weight is 262 g/mol. The first-order valence-electron chi connectivity index (χ1n) is 6.51. The van der Waals surface area contributed by atoms with Crippen molar-refractivity contribution in [2.24, 2.45) is 5.92 Å². The summed E-state index contributed by atoms with van der Waals surface area (Å²) in [6.07, 6.45) is 3.05. The van der Waals surface area contributed by atoms with Gasteiger partial charge in [0.25, 0.3) is 5.69 Å². The molecule has 0 aliphatic heterocycles. The van der Waals surface area contributed by atoms with Gasteiger partial charge in [0.2, 0.25) is 5.91 Å². The number of nitro groups is 1. The molecule has 5 heteroatoms. The van der Waals surface area contributed by atoms with Gasteiger partial charge in [-0.15, -0.1) is 0 Å². The summed E-state index contributed by atoms with van der Waals surface area (Å²) < 4.78 is 0. The Labute approximate surface area is 112 Å². The van der Waals surface area contributed by atoms with Crippen molar-refractivity contribution in [3.05, 3.63) is 39.9 Å². The van der Waals surface area contributed by atoms with Gasteiger partial charge in [-0.1, -0.05) is 18.6 Å². The number of rotatable bonds is 4. The van der Waals surface area contributed by atoms with Crippen molar-refractivity contribution in [3.8, 4) is 0 Å². The van der Waals surface area contributed by atoms with E-state index in [2.05, 4.69) is 0 Å². The Hall–Kier alpha value is -1.91. The van der Waals surface area contributed by atoms with E-state index in [4.69, 9.17) is 0 Å². The van der Waals surface area contributed by atoms with E-state index in [0.717, 1.165) is 24.8 Å². The van der Waals surface area contributed by atoms with Crippen LogP contribution in [0.2, 0.25) is 0 Å². The van der Waals surface area contributed by atoms with Crippen molar-refractivity contribution < 1.29 is 9.72 Å². The lowest BCUT2D eigenvalue weighted by atomic mass is 9.84. The van der Waals surface area contributed by atoms with E-state index in [1.165, 1.54) is 12.1 Å². The Morgan fingerprint density at radius 1 is 1.47 bits per heavy atom. The van der Waals surface area contributed by atoms with Gasteiger partial charge in [-0.3, -0.25) is 14.9 Å². The first-order valence-corrected chi connectivity index (χ1v) is 6.51. The Morgan fingerprint density at radius 2 is 2.16 bits per heavy atom. The Bertz CT molecular complexity index is 497. The molecular formula is C14H18N2O3. The van der Waals surface area contributed by atoms with Crippen LogP contribution in [0.5, 0.6) is 0 Å². The molecule has 102 valence electrons. The van der Waals surface area contributed by atoms with E-state index in [1.807, 2.05) is 13.0 Å². The number of carbonyl (C=O) groups is 1. The van der Waals surface area contributed by atoms with Gasteiger partial charge >= 0.3 is 0 Å². The second kappa shape index (κ2) is 5.38. The van der Waals surface area contributed by atoms with Gasteiger partial charge in [0.15, 0.2) is 0 Å². The van der Waals surface area contributed by atoms with Gasteiger partial charge in [0, 0.05) is 25.1 Å². The zero-order chi connectivity index (χ0) is 14.0. The summed E-state index contributed by atoms with van der Waals surface area (Å²) in [5, 5.41) is 10.8. The molecule has 1 atom stereocenters. The summed E-state index contributed by atoms with van der Waals surface area (Å²) in [4.78, 5) is 24.2. The average Bonchev–Trinajstić information content (AvgIpc) is 2.35. The second-order valence-corrected chi connectivity index (χ2v) is 5.11. The van der Waals surface area contributed by atoms with Gasteiger partial charge in [-0.05, 0) is 25.3 Å². The maximum absolute atomic E-state index is 12.2. The van der Waals surface area contributed by atoms with Crippen LogP contribution in [0.4, 0.5) is 5.69 Å². The summed E-state index contributed by atoms with van der Waals surface area (Å²) in [7, 11) is 1.77. The Balaban J connectivity index is 2.13. The number of non-ortho nitro benzene ring substituents is 1. The normalized spacial score (nSPS) is 16.5. The smallest absolute Gasteiger partial charge is 0.269 e. The van der Waals surface area contributed by atoms with Crippen LogP contribution in [0.1, 0.15) is 37.8 Å². The SMILES string of the molecule is C[C@H](c1cccc([N+](=O)[O-])c1)N(C)C(=O)C1CCC1. The summed E-state index contributed by atoms with van der Waals surface area (Å²) in [6, 6.07) is 6.33. The maximum Gasteiger partial charge on any atom is 0.269 e. The van der Waals surface area contributed by atoms with Crippen molar-refractivity contribution in [3.63, 3.8) is 0 Å². The largest absolute Gasteiger partial charge is 0.339 e. The van der Waals surface area contributed by atoms with Crippen LogP contribution in [-0.2, 0) is 4.79 Å². The number of hydrogen-bond donors (Lipinski definition) is 0. The number of benzene rings is 1. The maximum atomic E-state index is 12.2. The number of amides is 1. The first kappa shape index (κ1) is 13.5. The molecule has 0 N–H and O–H groups in total. The van der Waals surface area contributed by atoms with Gasteiger partial charge < -0.3 is 4.90 Å². The molecule has 2 rings (SSSR count). The molecule has 1 aromatic rings. The third-order valence-corrected chi connectivity index (χ3v) is 3.95. The van der Waals surface area contributed by atoms with Gasteiger partial charge in [0.05, 0.1) is 11.0 Å². The molecule has 1 fully saturated rings. The van der Waals surface area contributed by atoms with Crippen molar-refractivity contribution in [2.45, 2.75) is 32.2 Å². The molecular weight excluding hydrogens is 244 g/mol. The highest BCUT2D eigenvalue weighted by atomic mass is 16.6. The van der Waals surface area contributed by atoms with Gasteiger partial charge in [-0.2, -0.15) is 0 Å². The molecule has 1 amide bonds. The van der Waals surface area contributed by atoms with Crippen LogP contribution >= 0.6 is 0 Å². The van der Waals surface area contributed by atoms with Crippen LogP contribution < -0.4 is 0 Å². The van der Waals surface area contributed by atoms with E-state index in [1.54, 1.807) is 18.0 Å². The number of hydrogen-bond acceptors (Lipinski definition) is 3. The summed E-state index contributed by atoms with van der Waals surface area (Å²) in [5.41, 5.74) is 0.859. The van der Waals surface area contributed by atoms with E-state index >= 15 is 0 Å². The number of carbonyl (C=O) groups excluding carboxylic acids is 1. The summed E-state index contributed by atoms with van der Waals surface area (Å²) in [5.74, 6) is 0.288. The van der Waals surface area contributed by atoms with Gasteiger partial charge in [0.1, 0.15) is 0 Å². The third kappa shape index (κ3) is 2.75. The molecule has 5 nitrogen and oxygen atoms in total. The molecule has 1 aromatic carbocycles. The van der Waals surface area contributed by atoms with Crippen LogP contribution in [0.15, 0.2) is 24.3 Å². The number of nitrogens with zero attached hydrogens (tertiary/aromatic N) is 2. The molecule has 1 aliphatic rings. The molecule has 19 heavy (non-hydrogen) atoms. The molecule has 0 unspecified atom stereocenters. The first-order chi connectivity index (χ1) is 9.00. The molecule has 1 aliphatic carbocycles. The highest BCUT2D eigenvalue weighted by Gasteiger charge is 2.30. The van der Waals surface area contributed by atoms with E-state index < -0.39 is 4.92 Å². The van der Waals surface area contributed by atoms with E-state index in [-0.39, 0.29) is 23.6 Å². The Kier molecular flexibility index (Phi) is 3.83. The fraction of sp³-hybridized carbons (Fsp3) is 0.500. The van der Waals surface area contributed by atoms with E-state index in [9.17, 15) is 14.9 Å². The van der Waals surface area contributed by atoms with Crippen molar-refractivity contribution in [1.82, 2.24) is 4.90 Å². The predicted molar refractivity (Wildman–Crippen MR) is 71.6 cm³/mol. The minimum absolute atomic E-state index is 0.0637. The quantitative estimate of drug-likeness (QED) is 0.619. The lowest BCUT2D eigenvalue weighted by molar-refractivity contribution is -0.384. The minimum atomic E-state index is -0.413. The topological polar surface area (TPSA) is 63.5 Å². The lowest BCUT2D eigenvalue weighted by Crippen LogP contribution is -2.37. The lowest BCUT2D eigenvalue weighted by Gasteiger charge is -2.33. The van der Waals surface area contributed by atoms with Crippen molar-refractivity contribution >= 4 is 11.6 Å². The highest BCUT2D eigenvalue weighted by Crippen LogP contribution is 2.31. The number of nitro benzene ring substituents is 1. The van der Waals surface area contributed by atoms with Crippen LogP contribution in [0.25, 0.3) is 0 Å². The summed E-state index contributed by atoms with van der Waals surface area (Å²) in [6.45, 7) is 1.90. The molecule has 0 spiro atoms. The molecule has 0 aromatic heterocycles. The molecule has 1 saturated carbocycles. The fourth-order valence-electron chi connectivity index (χ4n) is 2.26. The highest BCUT2D eigenvalue weighted by molar-refractivity contribution is 5.79. The third-order valence-electron chi connectivity index (χ3n) is 3.95. The predicted octanol–water partition coefficient (Wildman–Crippen LogP) is 2.91. The standard InChI is InChI=1S/C14H18N2O3/c1-10(15(2)14(17)11-5-3-6-11)12-7-4-8-13(9-12)16(18)19/h4,7-11H,3,5-6H2,1-2H3/t10-/m1/s1. The van der Waals surface area contributed by atoms with Crippen molar-refractivity contribution in [1.29, 1.82) is 0 Å². The second-order valence-electron chi connectivity index (χ2n) is 5.11. The summed E-state index contributed by atoms with van der Waals surface area (Å²) >= 11 is 0. The minimum Gasteiger partial charge on any atom is -0.339 e. The fourth-order valence-corrected chi connectivity index (χ4v) is 2.26. The van der Waals surface area contributed by atoms with Crippen LogP contribution in [-0.4, -0.2) is 22.8 Å². The molecule has 0 heterocycles. The van der Waals surface area contributed by atoms with Crippen molar-refractivity contribution in [2.75, 3.05) is 7.05 Å². The molecule has 0 radical (unpaired) electrons. The van der Waals surface area contributed by atoms with Gasteiger partial charge in [-0.25, -0.2) is 0 Å². The Morgan fingerprint density at radius 3 is 2.68 bits per heavy atom. The zero-order valence-corrected chi connectivity index (χ0v) is 11.2.